The quantitative estimate of drug-likeness (QED) is 0.671. The van der Waals surface area contributed by atoms with Crippen molar-refractivity contribution in [3.05, 3.63) is 41.5 Å². The molecule has 5 nitrogen and oxygen atoms in total. The van der Waals surface area contributed by atoms with E-state index in [1.807, 2.05) is 0 Å². The van der Waals surface area contributed by atoms with E-state index in [2.05, 4.69) is 47.3 Å². The summed E-state index contributed by atoms with van der Waals surface area (Å²) in [5.41, 5.74) is 3.77. The van der Waals surface area contributed by atoms with Crippen LogP contribution in [-0.4, -0.2) is 43.6 Å². The lowest BCUT2D eigenvalue weighted by Gasteiger charge is -2.27. The van der Waals surface area contributed by atoms with Crippen LogP contribution in [0.5, 0.6) is 0 Å². The van der Waals surface area contributed by atoms with Crippen LogP contribution in [0.2, 0.25) is 0 Å². The number of ether oxygens (including phenoxy) is 1. The standard InChI is InChI=1S/C18H24N2O3/c1-14-5-7-15(8-6-14)16-9-12-20(13-10-16)18(22)19-11-3-4-17(21)23-2/h5-9H,3-4,10-13H2,1-2H3,(H,19,22). The van der Waals surface area contributed by atoms with Gasteiger partial charge in [0.25, 0.3) is 0 Å². The predicted molar refractivity (Wildman–Crippen MR) is 90.0 cm³/mol. The van der Waals surface area contributed by atoms with E-state index in [1.54, 1.807) is 4.90 Å². The number of nitrogens with zero attached hydrogens (tertiary/aromatic N) is 1. The summed E-state index contributed by atoms with van der Waals surface area (Å²) < 4.78 is 4.56. The Morgan fingerprint density at radius 2 is 2.00 bits per heavy atom. The van der Waals surface area contributed by atoms with Crippen LogP contribution in [0.3, 0.4) is 0 Å². The molecular weight excluding hydrogens is 292 g/mol. The van der Waals surface area contributed by atoms with Crippen molar-refractivity contribution in [1.29, 1.82) is 0 Å². The Balaban J connectivity index is 1.77. The zero-order chi connectivity index (χ0) is 16.7. The van der Waals surface area contributed by atoms with Crippen LogP contribution in [-0.2, 0) is 9.53 Å². The molecule has 0 aliphatic carbocycles. The summed E-state index contributed by atoms with van der Waals surface area (Å²) in [6, 6.07) is 8.40. The Bertz CT molecular complexity index is 578. The molecule has 0 saturated heterocycles. The number of amides is 2. The topological polar surface area (TPSA) is 58.6 Å². The number of benzene rings is 1. The highest BCUT2D eigenvalue weighted by Crippen LogP contribution is 2.22. The Hall–Kier alpha value is -2.30. The van der Waals surface area contributed by atoms with E-state index in [0.717, 1.165) is 6.42 Å². The zero-order valence-electron chi connectivity index (χ0n) is 13.8. The number of esters is 1. The number of hydrogen-bond acceptors (Lipinski definition) is 3. The molecule has 1 aromatic carbocycles. The maximum absolute atomic E-state index is 12.1. The number of urea groups is 1. The van der Waals surface area contributed by atoms with E-state index in [1.165, 1.54) is 23.8 Å². The van der Waals surface area contributed by atoms with Gasteiger partial charge in [0.1, 0.15) is 0 Å². The van der Waals surface area contributed by atoms with E-state index in [0.29, 0.717) is 32.5 Å². The van der Waals surface area contributed by atoms with Gasteiger partial charge in [-0.05, 0) is 30.9 Å². The number of methoxy groups -OCH3 is 1. The summed E-state index contributed by atoms with van der Waals surface area (Å²) in [6.45, 7) is 3.89. The highest BCUT2D eigenvalue weighted by atomic mass is 16.5. The molecule has 5 heteroatoms. The number of aryl methyl sites for hydroxylation is 1. The van der Waals surface area contributed by atoms with E-state index in [4.69, 9.17) is 0 Å². The van der Waals surface area contributed by atoms with Crippen molar-refractivity contribution >= 4 is 17.6 Å². The molecule has 1 heterocycles. The van der Waals surface area contributed by atoms with Crippen LogP contribution in [0.1, 0.15) is 30.4 Å². The molecule has 1 N–H and O–H groups in total. The lowest BCUT2D eigenvalue weighted by Crippen LogP contribution is -2.42. The van der Waals surface area contributed by atoms with Crippen LogP contribution >= 0.6 is 0 Å². The van der Waals surface area contributed by atoms with Gasteiger partial charge < -0.3 is 15.0 Å². The van der Waals surface area contributed by atoms with E-state index in [-0.39, 0.29) is 12.0 Å². The summed E-state index contributed by atoms with van der Waals surface area (Å²) in [6.07, 6.45) is 3.89. The van der Waals surface area contributed by atoms with Crippen molar-refractivity contribution in [2.24, 2.45) is 0 Å². The second-order valence-electron chi connectivity index (χ2n) is 5.70. The van der Waals surface area contributed by atoms with Gasteiger partial charge in [-0.1, -0.05) is 35.9 Å². The van der Waals surface area contributed by atoms with Gasteiger partial charge in [0.05, 0.1) is 7.11 Å². The molecule has 0 unspecified atom stereocenters. The van der Waals surface area contributed by atoms with E-state index >= 15 is 0 Å². The molecule has 0 aromatic heterocycles. The predicted octanol–water partition coefficient (Wildman–Crippen LogP) is 2.75. The first-order valence-electron chi connectivity index (χ1n) is 7.96. The molecule has 2 rings (SSSR count). The molecule has 0 fully saturated rings. The summed E-state index contributed by atoms with van der Waals surface area (Å²) in [5, 5.41) is 2.84. The molecule has 0 saturated carbocycles. The summed E-state index contributed by atoms with van der Waals surface area (Å²) in [7, 11) is 1.37. The van der Waals surface area contributed by atoms with Crippen molar-refractivity contribution in [2.45, 2.75) is 26.2 Å². The van der Waals surface area contributed by atoms with Crippen molar-refractivity contribution in [1.82, 2.24) is 10.2 Å². The fourth-order valence-electron chi connectivity index (χ4n) is 2.53. The molecule has 1 aliphatic rings. The van der Waals surface area contributed by atoms with Gasteiger partial charge in [-0.15, -0.1) is 0 Å². The molecule has 0 atom stereocenters. The van der Waals surface area contributed by atoms with Gasteiger partial charge in [-0.25, -0.2) is 4.79 Å². The highest BCUT2D eigenvalue weighted by Gasteiger charge is 2.17. The van der Waals surface area contributed by atoms with Crippen molar-refractivity contribution in [3.8, 4) is 0 Å². The van der Waals surface area contributed by atoms with Gasteiger partial charge in [0.2, 0.25) is 0 Å². The number of carbonyl (C=O) groups is 2. The van der Waals surface area contributed by atoms with Crippen LogP contribution in [0.25, 0.3) is 5.57 Å². The molecular formula is C18H24N2O3. The van der Waals surface area contributed by atoms with E-state index in [9.17, 15) is 9.59 Å². The van der Waals surface area contributed by atoms with Gasteiger partial charge >= 0.3 is 12.0 Å². The van der Waals surface area contributed by atoms with Crippen LogP contribution < -0.4 is 5.32 Å². The minimum Gasteiger partial charge on any atom is -0.469 e. The number of carbonyl (C=O) groups excluding carboxylic acids is 2. The summed E-state index contributed by atoms with van der Waals surface area (Å²) in [5.74, 6) is -0.247. The normalized spacial score (nSPS) is 14.2. The lowest BCUT2D eigenvalue weighted by molar-refractivity contribution is -0.140. The minimum atomic E-state index is -0.247. The van der Waals surface area contributed by atoms with Crippen molar-refractivity contribution in [3.63, 3.8) is 0 Å². The smallest absolute Gasteiger partial charge is 0.317 e. The largest absolute Gasteiger partial charge is 0.469 e. The molecule has 23 heavy (non-hydrogen) atoms. The van der Waals surface area contributed by atoms with Crippen molar-refractivity contribution in [2.75, 3.05) is 26.7 Å². The van der Waals surface area contributed by atoms with Gasteiger partial charge in [-0.2, -0.15) is 0 Å². The third-order valence-electron chi connectivity index (χ3n) is 3.98. The van der Waals surface area contributed by atoms with Gasteiger partial charge in [0, 0.05) is 26.1 Å². The molecule has 1 aromatic rings. The van der Waals surface area contributed by atoms with Crippen LogP contribution in [0.4, 0.5) is 4.79 Å². The number of hydrogen-bond donors (Lipinski definition) is 1. The van der Waals surface area contributed by atoms with E-state index < -0.39 is 0 Å². The molecule has 0 bridgehead atoms. The maximum atomic E-state index is 12.1. The average Bonchev–Trinajstić information content (AvgIpc) is 2.59. The second kappa shape index (κ2) is 8.36. The first kappa shape index (κ1) is 17.1. The molecule has 0 radical (unpaired) electrons. The maximum Gasteiger partial charge on any atom is 0.317 e. The van der Waals surface area contributed by atoms with Crippen molar-refractivity contribution < 1.29 is 14.3 Å². The van der Waals surface area contributed by atoms with Gasteiger partial charge in [0.15, 0.2) is 0 Å². The summed E-state index contributed by atoms with van der Waals surface area (Å²) >= 11 is 0. The zero-order valence-corrected chi connectivity index (χ0v) is 13.8. The third-order valence-corrected chi connectivity index (χ3v) is 3.98. The van der Waals surface area contributed by atoms with Gasteiger partial charge in [-0.3, -0.25) is 4.79 Å². The fourth-order valence-corrected chi connectivity index (χ4v) is 2.53. The molecule has 0 spiro atoms. The number of rotatable bonds is 5. The Morgan fingerprint density at radius 3 is 2.61 bits per heavy atom. The number of nitrogens with one attached hydrogen (secondary N) is 1. The first-order chi connectivity index (χ1) is 11.1. The third kappa shape index (κ3) is 5.13. The summed E-state index contributed by atoms with van der Waals surface area (Å²) in [4.78, 5) is 24.9. The lowest BCUT2D eigenvalue weighted by atomic mass is 9.99. The highest BCUT2D eigenvalue weighted by molar-refractivity contribution is 5.76. The average molecular weight is 316 g/mol. The SMILES string of the molecule is COC(=O)CCCNC(=O)N1CC=C(c2ccc(C)cc2)CC1. The molecule has 2 amide bonds. The Kier molecular flexibility index (Phi) is 6.20. The monoisotopic (exact) mass is 316 g/mol. The minimum absolute atomic E-state index is 0.0749. The fraction of sp³-hybridized carbons (Fsp3) is 0.444. The Morgan fingerprint density at radius 1 is 1.26 bits per heavy atom. The second-order valence-corrected chi connectivity index (χ2v) is 5.70. The van der Waals surface area contributed by atoms with Crippen LogP contribution in [0, 0.1) is 6.92 Å². The first-order valence-corrected chi connectivity index (χ1v) is 7.96. The molecule has 1 aliphatic heterocycles. The Labute approximate surface area is 137 Å². The van der Waals surface area contributed by atoms with Crippen LogP contribution in [0.15, 0.2) is 30.3 Å². The molecule has 124 valence electrons.